The molecule has 0 spiro atoms. The van der Waals surface area contributed by atoms with Crippen LogP contribution in [0, 0.1) is 6.92 Å². The second-order valence-corrected chi connectivity index (χ2v) is 9.19. The van der Waals surface area contributed by atoms with Gasteiger partial charge < -0.3 is 19.6 Å². The van der Waals surface area contributed by atoms with Gasteiger partial charge in [-0.15, -0.1) is 0 Å². The van der Waals surface area contributed by atoms with E-state index >= 15 is 0 Å². The maximum atomic E-state index is 12.5. The Morgan fingerprint density at radius 1 is 1.03 bits per heavy atom. The Labute approximate surface area is 212 Å². The number of thioether (sulfide) groups is 1. The molecular weight excluding hydrogens is 478 g/mol. The molecule has 2 N–H and O–H groups in total. The number of hydrogen-bond acceptors (Lipinski definition) is 6. The molecule has 0 saturated carbocycles. The number of carbonyl (C=O) groups excluding carboxylic acids is 1. The molecule has 8 heteroatoms. The quantitative estimate of drug-likeness (QED) is 0.304. The first kappa shape index (κ1) is 25.1. The fourth-order valence-electron chi connectivity index (χ4n) is 3.78. The normalized spacial score (nSPS) is 11.7. The minimum atomic E-state index is -1.11. The number of carboxylic acid groups (broad SMARTS) is 1. The third kappa shape index (κ3) is 6.14. The highest BCUT2D eigenvalue weighted by Crippen LogP contribution is 2.33. The molecule has 0 unspecified atom stereocenters. The predicted molar refractivity (Wildman–Crippen MR) is 140 cm³/mol. The molecule has 0 fully saturated rings. The van der Waals surface area contributed by atoms with Gasteiger partial charge in [-0.3, -0.25) is 4.79 Å². The molecule has 1 atom stereocenters. The van der Waals surface area contributed by atoms with E-state index in [9.17, 15) is 19.5 Å². The van der Waals surface area contributed by atoms with E-state index in [1.165, 1.54) is 17.8 Å². The number of amides is 1. The average molecular weight is 504 g/mol. The van der Waals surface area contributed by atoms with Crippen molar-refractivity contribution in [3.63, 3.8) is 0 Å². The van der Waals surface area contributed by atoms with Crippen molar-refractivity contribution < 1.29 is 23.8 Å². The highest BCUT2D eigenvalue weighted by molar-refractivity contribution is 7.98. The number of nitrogens with one attached hydrogen (secondary N) is 1. The summed E-state index contributed by atoms with van der Waals surface area (Å²) in [5.74, 6) is -0.430. The molecule has 184 valence electrons. The van der Waals surface area contributed by atoms with E-state index in [-0.39, 0.29) is 12.4 Å². The molecule has 0 bridgehead atoms. The zero-order valence-corrected chi connectivity index (χ0v) is 20.4. The molecule has 36 heavy (non-hydrogen) atoms. The van der Waals surface area contributed by atoms with E-state index in [2.05, 4.69) is 5.32 Å². The lowest BCUT2D eigenvalue weighted by atomic mass is 10.0. The van der Waals surface area contributed by atoms with Gasteiger partial charge in [0.15, 0.2) is 6.61 Å². The fourth-order valence-corrected chi connectivity index (χ4v) is 4.79. The second kappa shape index (κ2) is 11.6. The molecule has 1 aromatic heterocycles. The summed E-state index contributed by atoms with van der Waals surface area (Å²) in [5.41, 5.74) is 3.16. The molecule has 4 rings (SSSR count). The van der Waals surface area contributed by atoms with Crippen molar-refractivity contribution in [2.45, 2.75) is 18.7 Å². The van der Waals surface area contributed by atoms with Gasteiger partial charge >= 0.3 is 11.6 Å². The van der Waals surface area contributed by atoms with Gasteiger partial charge in [-0.05, 0) is 35.7 Å². The molecule has 0 aliphatic heterocycles. The summed E-state index contributed by atoms with van der Waals surface area (Å²) in [6.45, 7) is 1.37. The molecule has 0 saturated heterocycles. The van der Waals surface area contributed by atoms with Crippen LogP contribution < -0.4 is 15.7 Å². The summed E-state index contributed by atoms with van der Waals surface area (Å²) >= 11 is 1.43. The summed E-state index contributed by atoms with van der Waals surface area (Å²) in [6.07, 6.45) is 0. The van der Waals surface area contributed by atoms with Crippen LogP contribution in [0.4, 0.5) is 0 Å². The standard InChI is InChI=1S/C28H25NO6S/c1-18-24(13-12-21-22(14-26(31)35-27(18)21)20-10-6-3-7-11-20)34-15-25(30)29-23(28(32)33)17-36-16-19-8-4-2-5-9-19/h2-14,23H,15-17H2,1H3,(H,29,30)(H,32,33)/t23-/m0/s1. The van der Waals surface area contributed by atoms with Crippen molar-refractivity contribution in [2.75, 3.05) is 12.4 Å². The lowest BCUT2D eigenvalue weighted by molar-refractivity contribution is -0.141. The minimum Gasteiger partial charge on any atom is -0.483 e. The molecule has 1 heterocycles. The summed E-state index contributed by atoms with van der Waals surface area (Å²) in [4.78, 5) is 36.3. The van der Waals surface area contributed by atoms with Crippen molar-refractivity contribution >= 4 is 34.6 Å². The van der Waals surface area contributed by atoms with Crippen LogP contribution in [0.1, 0.15) is 11.1 Å². The van der Waals surface area contributed by atoms with Crippen molar-refractivity contribution in [1.29, 1.82) is 0 Å². The molecule has 4 aromatic rings. The number of aryl methyl sites for hydroxylation is 1. The number of aliphatic carboxylic acids is 1. The lowest BCUT2D eigenvalue weighted by Gasteiger charge is -2.16. The van der Waals surface area contributed by atoms with Gasteiger partial charge in [-0.25, -0.2) is 9.59 Å². The monoisotopic (exact) mass is 503 g/mol. The Kier molecular flexibility index (Phi) is 8.07. The summed E-state index contributed by atoms with van der Waals surface area (Å²) in [7, 11) is 0. The highest BCUT2D eigenvalue weighted by Gasteiger charge is 2.21. The van der Waals surface area contributed by atoms with Gasteiger partial charge in [-0.2, -0.15) is 11.8 Å². The third-order valence-electron chi connectivity index (χ3n) is 5.58. The molecule has 7 nitrogen and oxygen atoms in total. The highest BCUT2D eigenvalue weighted by atomic mass is 32.2. The van der Waals surface area contributed by atoms with Gasteiger partial charge in [0.2, 0.25) is 0 Å². The van der Waals surface area contributed by atoms with Gasteiger partial charge in [0.1, 0.15) is 17.4 Å². The SMILES string of the molecule is Cc1c(OCC(=O)N[C@@H](CSCc2ccccc2)C(=O)O)ccc2c(-c3ccccc3)cc(=O)oc12. The van der Waals surface area contributed by atoms with Crippen LogP contribution in [0.3, 0.4) is 0 Å². The largest absolute Gasteiger partial charge is 0.483 e. The number of carboxylic acids is 1. The van der Waals surface area contributed by atoms with Gasteiger partial charge in [0, 0.05) is 28.5 Å². The molecule has 0 radical (unpaired) electrons. The first-order chi connectivity index (χ1) is 17.4. The number of benzene rings is 3. The van der Waals surface area contributed by atoms with Crippen LogP contribution in [0.25, 0.3) is 22.1 Å². The van der Waals surface area contributed by atoms with Crippen molar-refractivity contribution in [3.05, 3.63) is 100 Å². The van der Waals surface area contributed by atoms with Crippen LogP contribution in [0.15, 0.2) is 88.1 Å². The first-order valence-electron chi connectivity index (χ1n) is 11.3. The fraction of sp³-hybridized carbons (Fsp3) is 0.179. The summed E-state index contributed by atoms with van der Waals surface area (Å²) in [5, 5.41) is 12.8. The average Bonchev–Trinajstić information content (AvgIpc) is 2.88. The van der Waals surface area contributed by atoms with Crippen molar-refractivity contribution in [3.8, 4) is 16.9 Å². The Morgan fingerprint density at radius 2 is 1.72 bits per heavy atom. The number of rotatable bonds is 10. The Morgan fingerprint density at radius 3 is 2.42 bits per heavy atom. The van der Waals surface area contributed by atoms with E-state index in [4.69, 9.17) is 9.15 Å². The van der Waals surface area contributed by atoms with E-state index in [0.29, 0.717) is 22.6 Å². The Hall–Kier alpha value is -4.04. The first-order valence-corrected chi connectivity index (χ1v) is 12.5. The zero-order valence-electron chi connectivity index (χ0n) is 19.6. The van der Waals surface area contributed by atoms with Crippen molar-refractivity contribution in [1.82, 2.24) is 5.32 Å². The number of carbonyl (C=O) groups is 2. The zero-order chi connectivity index (χ0) is 25.5. The van der Waals surface area contributed by atoms with E-state index in [1.54, 1.807) is 19.1 Å². The van der Waals surface area contributed by atoms with Crippen LogP contribution >= 0.6 is 11.8 Å². The number of fused-ring (bicyclic) bond motifs is 1. The molecule has 0 aliphatic rings. The Bertz CT molecular complexity index is 1420. The van der Waals surface area contributed by atoms with Crippen molar-refractivity contribution in [2.24, 2.45) is 0 Å². The number of hydrogen-bond donors (Lipinski definition) is 2. The maximum absolute atomic E-state index is 12.5. The van der Waals surface area contributed by atoms with Crippen LogP contribution in [-0.4, -0.2) is 35.4 Å². The lowest BCUT2D eigenvalue weighted by Crippen LogP contribution is -2.44. The predicted octanol–water partition coefficient (Wildman–Crippen LogP) is 4.65. The van der Waals surface area contributed by atoms with E-state index in [0.717, 1.165) is 22.1 Å². The van der Waals surface area contributed by atoms with Gasteiger partial charge in [-0.1, -0.05) is 60.7 Å². The maximum Gasteiger partial charge on any atom is 0.336 e. The number of ether oxygens (including phenoxy) is 1. The van der Waals surface area contributed by atoms with E-state index < -0.39 is 23.5 Å². The molecule has 3 aromatic carbocycles. The Balaban J connectivity index is 1.42. The molecule has 0 aliphatic carbocycles. The summed E-state index contributed by atoms with van der Waals surface area (Å²) < 4.78 is 11.1. The van der Waals surface area contributed by atoms with Gasteiger partial charge in [0.25, 0.3) is 5.91 Å². The second-order valence-electron chi connectivity index (χ2n) is 8.16. The van der Waals surface area contributed by atoms with Gasteiger partial charge in [0.05, 0.1) is 0 Å². The topological polar surface area (TPSA) is 106 Å². The van der Waals surface area contributed by atoms with Crippen LogP contribution in [0.5, 0.6) is 5.75 Å². The van der Waals surface area contributed by atoms with Crippen LogP contribution in [-0.2, 0) is 15.3 Å². The van der Waals surface area contributed by atoms with Crippen LogP contribution in [0.2, 0.25) is 0 Å². The minimum absolute atomic E-state index is 0.221. The summed E-state index contributed by atoms with van der Waals surface area (Å²) in [6, 6.07) is 23.1. The smallest absolute Gasteiger partial charge is 0.336 e. The molecule has 1 amide bonds. The molecular formula is C28H25NO6S. The van der Waals surface area contributed by atoms with E-state index in [1.807, 2.05) is 60.7 Å². The third-order valence-corrected chi connectivity index (χ3v) is 6.69.